The Bertz CT molecular complexity index is 414. The Balaban J connectivity index is 2.67. The molecule has 92 valence electrons. The molecule has 2 nitrogen and oxygen atoms in total. The summed E-state index contributed by atoms with van der Waals surface area (Å²) in [6.07, 6.45) is 0. The second-order valence-corrected chi connectivity index (χ2v) is 4.87. The quantitative estimate of drug-likeness (QED) is 0.776. The van der Waals surface area contributed by atoms with E-state index in [1.165, 1.54) is 12.1 Å². The Morgan fingerprint density at radius 3 is 2.65 bits per heavy atom. The number of hydrogen-bond donors (Lipinski definition) is 0. The van der Waals surface area contributed by atoms with E-state index in [1.807, 2.05) is 6.07 Å². The van der Waals surface area contributed by atoms with Crippen molar-refractivity contribution in [3.63, 3.8) is 0 Å². The molecule has 0 radical (unpaired) electrons. The number of halogens is 2. The van der Waals surface area contributed by atoms with Gasteiger partial charge >= 0.3 is 0 Å². The van der Waals surface area contributed by atoms with E-state index in [4.69, 9.17) is 10.00 Å². The lowest BCUT2D eigenvalue weighted by Crippen LogP contribution is -2.19. The normalized spacial score (nSPS) is 12.2. The lowest BCUT2D eigenvalue weighted by molar-refractivity contribution is 0.219. The molecule has 1 atom stereocenters. The molecule has 0 saturated carbocycles. The molecule has 1 unspecified atom stereocenters. The van der Waals surface area contributed by atoms with Crippen LogP contribution in [0.1, 0.15) is 19.4 Å². The Morgan fingerprint density at radius 2 is 2.18 bits per heavy atom. The standard InChI is InChI=1S/C13H15BrFNO/c1-9(2)11(6-14)8-17-13-4-3-10(7-16)5-12(13)15/h3-5,9,11H,6,8H2,1-2H3. The molecule has 0 bridgehead atoms. The van der Waals surface area contributed by atoms with Gasteiger partial charge in [-0.25, -0.2) is 4.39 Å². The predicted octanol–water partition coefficient (Wildman–Crippen LogP) is 3.74. The van der Waals surface area contributed by atoms with Crippen LogP contribution in [0.2, 0.25) is 0 Å². The summed E-state index contributed by atoms with van der Waals surface area (Å²) in [5, 5.41) is 9.44. The molecule has 17 heavy (non-hydrogen) atoms. The summed E-state index contributed by atoms with van der Waals surface area (Å²) in [5.41, 5.74) is 0.302. The number of nitrogens with zero attached hydrogens (tertiary/aromatic N) is 1. The third-order valence-electron chi connectivity index (χ3n) is 2.65. The average molecular weight is 300 g/mol. The monoisotopic (exact) mass is 299 g/mol. The van der Waals surface area contributed by atoms with Gasteiger partial charge in [0, 0.05) is 11.2 Å². The first-order chi connectivity index (χ1) is 8.08. The van der Waals surface area contributed by atoms with Crippen LogP contribution in [0.15, 0.2) is 18.2 Å². The second-order valence-electron chi connectivity index (χ2n) is 4.23. The molecule has 1 aromatic carbocycles. The molecule has 1 aromatic rings. The van der Waals surface area contributed by atoms with E-state index in [0.29, 0.717) is 24.0 Å². The summed E-state index contributed by atoms with van der Waals surface area (Å²) in [7, 11) is 0. The zero-order valence-electron chi connectivity index (χ0n) is 9.91. The van der Waals surface area contributed by atoms with Crippen LogP contribution in [0.3, 0.4) is 0 Å². The predicted molar refractivity (Wildman–Crippen MR) is 68.7 cm³/mol. The largest absolute Gasteiger partial charge is 0.490 e. The average Bonchev–Trinajstić information content (AvgIpc) is 2.31. The highest BCUT2D eigenvalue weighted by molar-refractivity contribution is 9.09. The third kappa shape index (κ3) is 4.01. The van der Waals surface area contributed by atoms with Crippen LogP contribution in [-0.4, -0.2) is 11.9 Å². The van der Waals surface area contributed by atoms with Gasteiger partial charge in [-0.3, -0.25) is 0 Å². The van der Waals surface area contributed by atoms with Gasteiger partial charge in [0.25, 0.3) is 0 Å². The Morgan fingerprint density at radius 1 is 1.47 bits per heavy atom. The summed E-state index contributed by atoms with van der Waals surface area (Å²) >= 11 is 3.41. The lowest BCUT2D eigenvalue weighted by atomic mass is 9.99. The minimum Gasteiger partial charge on any atom is -0.490 e. The van der Waals surface area contributed by atoms with E-state index in [1.54, 1.807) is 6.07 Å². The number of rotatable bonds is 5. The van der Waals surface area contributed by atoms with Gasteiger partial charge in [0.1, 0.15) is 0 Å². The summed E-state index contributed by atoms with van der Waals surface area (Å²) in [6, 6.07) is 6.13. The molecule has 0 saturated heterocycles. The highest BCUT2D eigenvalue weighted by Gasteiger charge is 2.14. The zero-order chi connectivity index (χ0) is 12.8. The lowest BCUT2D eigenvalue weighted by Gasteiger charge is -2.18. The molecular weight excluding hydrogens is 285 g/mol. The SMILES string of the molecule is CC(C)C(CBr)COc1ccc(C#N)cc1F. The van der Waals surface area contributed by atoms with Gasteiger partial charge in [-0.1, -0.05) is 29.8 Å². The van der Waals surface area contributed by atoms with Crippen molar-refractivity contribution in [3.05, 3.63) is 29.6 Å². The Labute approximate surface area is 110 Å². The third-order valence-corrected chi connectivity index (χ3v) is 3.49. The Kier molecular flexibility index (Phi) is 5.43. The van der Waals surface area contributed by atoms with Crippen molar-refractivity contribution < 1.29 is 9.13 Å². The van der Waals surface area contributed by atoms with Crippen molar-refractivity contribution in [1.29, 1.82) is 5.26 Å². The van der Waals surface area contributed by atoms with Crippen LogP contribution in [0.4, 0.5) is 4.39 Å². The maximum atomic E-state index is 13.5. The zero-order valence-corrected chi connectivity index (χ0v) is 11.5. The van der Waals surface area contributed by atoms with E-state index < -0.39 is 5.82 Å². The molecule has 0 heterocycles. The van der Waals surface area contributed by atoms with E-state index in [9.17, 15) is 4.39 Å². The van der Waals surface area contributed by atoms with Crippen LogP contribution in [0.25, 0.3) is 0 Å². The molecule has 0 aromatic heterocycles. The fourth-order valence-corrected chi connectivity index (χ4v) is 2.23. The van der Waals surface area contributed by atoms with Crippen LogP contribution >= 0.6 is 15.9 Å². The van der Waals surface area contributed by atoms with Crippen molar-refractivity contribution in [1.82, 2.24) is 0 Å². The summed E-state index contributed by atoms with van der Waals surface area (Å²) in [6.45, 7) is 4.67. The molecular formula is C13H15BrFNO. The number of benzene rings is 1. The minimum absolute atomic E-state index is 0.204. The maximum absolute atomic E-state index is 13.5. The number of nitriles is 1. The highest BCUT2D eigenvalue weighted by atomic mass is 79.9. The van der Waals surface area contributed by atoms with E-state index in [-0.39, 0.29) is 5.75 Å². The summed E-state index contributed by atoms with van der Waals surface area (Å²) in [4.78, 5) is 0. The van der Waals surface area contributed by atoms with E-state index in [0.717, 1.165) is 5.33 Å². The summed E-state index contributed by atoms with van der Waals surface area (Å²) in [5.74, 6) is 0.526. The molecule has 0 N–H and O–H groups in total. The van der Waals surface area contributed by atoms with Crippen molar-refractivity contribution in [2.24, 2.45) is 11.8 Å². The number of alkyl halides is 1. The van der Waals surface area contributed by atoms with Crippen LogP contribution in [0.5, 0.6) is 5.75 Å². The van der Waals surface area contributed by atoms with Gasteiger partial charge in [-0.05, 0) is 24.1 Å². The molecule has 0 amide bonds. The molecule has 0 aliphatic carbocycles. The smallest absolute Gasteiger partial charge is 0.166 e. The molecule has 1 rings (SSSR count). The van der Waals surface area contributed by atoms with Gasteiger partial charge < -0.3 is 4.74 Å². The maximum Gasteiger partial charge on any atom is 0.166 e. The van der Waals surface area contributed by atoms with Gasteiger partial charge in [-0.15, -0.1) is 0 Å². The Hall–Kier alpha value is -1.08. The molecule has 0 aliphatic rings. The molecule has 0 fully saturated rings. The number of ether oxygens (including phenoxy) is 1. The fraction of sp³-hybridized carbons (Fsp3) is 0.462. The van der Waals surface area contributed by atoms with Gasteiger partial charge in [0.05, 0.1) is 18.2 Å². The van der Waals surface area contributed by atoms with Crippen molar-refractivity contribution >= 4 is 15.9 Å². The van der Waals surface area contributed by atoms with Crippen LogP contribution in [0, 0.1) is 29.0 Å². The van der Waals surface area contributed by atoms with Crippen molar-refractivity contribution in [2.75, 3.05) is 11.9 Å². The molecule has 0 aliphatic heterocycles. The van der Waals surface area contributed by atoms with Gasteiger partial charge in [0.2, 0.25) is 0 Å². The molecule has 0 spiro atoms. The first-order valence-electron chi connectivity index (χ1n) is 5.47. The first kappa shape index (κ1) is 14.0. The molecule has 4 heteroatoms. The minimum atomic E-state index is -0.485. The summed E-state index contributed by atoms with van der Waals surface area (Å²) < 4.78 is 18.9. The van der Waals surface area contributed by atoms with E-state index in [2.05, 4.69) is 29.8 Å². The van der Waals surface area contributed by atoms with Gasteiger partial charge in [-0.2, -0.15) is 5.26 Å². The second kappa shape index (κ2) is 6.61. The number of hydrogen-bond acceptors (Lipinski definition) is 2. The van der Waals surface area contributed by atoms with Gasteiger partial charge in [0.15, 0.2) is 11.6 Å². The topological polar surface area (TPSA) is 33.0 Å². The van der Waals surface area contributed by atoms with Crippen molar-refractivity contribution in [3.8, 4) is 11.8 Å². The fourth-order valence-electron chi connectivity index (χ4n) is 1.30. The first-order valence-corrected chi connectivity index (χ1v) is 6.59. The van der Waals surface area contributed by atoms with E-state index >= 15 is 0 Å². The highest BCUT2D eigenvalue weighted by Crippen LogP contribution is 2.21. The van der Waals surface area contributed by atoms with Crippen LogP contribution in [-0.2, 0) is 0 Å². The van der Waals surface area contributed by atoms with Crippen LogP contribution < -0.4 is 4.74 Å². The van der Waals surface area contributed by atoms with Crippen molar-refractivity contribution in [2.45, 2.75) is 13.8 Å².